The molecule has 0 saturated heterocycles. The summed E-state index contributed by atoms with van der Waals surface area (Å²) >= 11 is 0. The fraction of sp³-hybridized carbons (Fsp3) is 0.438. The number of hydrogen-bond acceptors (Lipinski definition) is 5. The minimum atomic E-state index is -3.97. The molecule has 2 rings (SSSR count). The molecule has 1 heterocycles. The van der Waals surface area contributed by atoms with Gasteiger partial charge in [0.05, 0.1) is 5.56 Å². The molecule has 0 fully saturated rings. The number of hydrogen-bond donors (Lipinski definition) is 2. The quantitative estimate of drug-likeness (QED) is 0.746. The van der Waals surface area contributed by atoms with Crippen LogP contribution >= 0.6 is 0 Å². The molecule has 0 radical (unpaired) electrons. The molecule has 136 valence electrons. The van der Waals surface area contributed by atoms with Crippen molar-refractivity contribution in [2.24, 2.45) is 0 Å². The zero-order chi connectivity index (χ0) is 18.8. The van der Waals surface area contributed by atoms with Gasteiger partial charge in [0.2, 0.25) is 0 Å². The number of benzene rings is 1. The van der Waals surface area contributed by atoms with E-state index < -0.39 is 33.8 Å². The molecular weight excluding hydrogens is 348 g/mol. The van der Waals surface area contributed by atoms with Crippen molar-refractivity contribution in [1.82, 2.24) is 9.62 Å². The Bertz CT molecular complexity index is 818. The molecule has 0 saturated carbocycles. The van der Waals surface area contributed by atoms with Gasteiger partial charge in [0.25, 0.3) is 21.8 Å². The lowest BCUT2D eigenvalue weighted by molar-refractivity contribution is -0.139. The zero-order valence-electron chi connectivity index (χ0n) is 14.0. The molecule has 1 aliphatic heterocycles. The minimum absolute atomic E-state index is 0.00386. The highest BCUT2D eigenvalue weighted by Crippen LogP contribution is 2.30. The molecule has 8 nitrogen and oxygen atoms in total. The van der Waals surface area contributed by atoms with Crippen LogP contribution < -0.4 is 5.32 Å². The molecule has 2 N–H and O–H groups in total. The summed E-state index contributed by atoms with van der Waals surface area (Å²) in [7, 11) is -3.97. The molecule has 1 atom stereocenters. The molecule has 2 amide bonds. The zero-order valence-corrected chi connectivity index (χ0v) is 14.8. The van der Waals surface area contributed by atoms with Crippen molar-refractivity contribution in [3.05, 3.63) is 29.3 Å². The summed E-state index contributed by atoms with van der Waals surface area (Å²) in [4.78, 5) is 35.4. The monoisotopic (exact) mass is 368 g/mol. The first-order valence-corrected chi connectivity index (χ1v) is 9.42. The second-order valence-electron chi connectivity index (χ2n) is 5.69. The van der Waals surface area contributed by atoms with Crippen LogP contribution in [0.3, 0.4) is 0 Å². The van der Waals surface area contributed by atoms with Crippen LogP contribution in [0.25, 0.3) is 0 Å². The maximum Gasteiger partial charge on any atom is 0.326 e. The van der Waals surface area contributed by atoms with Crippen LogP contribution in [0.5, 0.6) is 0 Å². The predicted octanol–water partition coefficient (Wildman–Crippen LogP) is 1.22. The van der Waals surface area contributed by atoms with E-state index >= 15 is 0 Å². The molecule has 1 unspecified atom stereocenters. The molecule has 25 heavy (non-hydrogen) atoms. The fourth-order valence-corrected chi connectivity index (χ4v) is 4.24. The molecule has 0 spiro atoms. The Morgan fingerprint density at radius 1 is 1.28 bits per heavy atom. The molecule has 1 aromatic carbocycles. The van der Waals surface area contributed by atoms with E-state index in [1.165, 1.54) is 12.1 Å². The van der Waals surface area contributed by atoms with Crippen molar-refractivity contribution in [2.45, 2.75) is 44.0 Å². The van der Waals surface area contributed by atoms with E-state index in [1.807, 2.05) is 6.92 Å². The highest BCUT2D eigenvalue weighted by atomic mass is 32.2. The van der Waals surface area contributed by atoms with Gasteiger partial charge in [-0.05, 0) is 31.5 Å². The number of carbonyl (C=O) groups excluding carboxylic acids is 2. The lowest BCUT2D eigenvalue weighted by atomic mass is 10.1. The lowest BCUT2D eigenvalue weighted by Gasteiger charge is -2.14. The van der Waals surface area contributed by atoms with Crippen molar-refractivity contribution in [3.63, 3.8) is 0 Å². The van der Waals surface area contributed by atoms with E-state index in [0.29, 0.717) is 6.42 Å². The first-order valence-electron chi connectivity index (χ1n) is 7.98. The van der Waals surface area contributed by atoms with Crippen molar-refractivity contribution in [1.29, 1.82) is 0 Å². The van der Waals surface area contributed by atoms with Crippen LogP contribution in [0, 0.1) is 0 Å². The maximum atomic E-state index is 12.4. The van der Waals surface area contributed by atoms with Gasteiger partial charge in [-0.2, -0.15) is 0 Å². The number of aliphatic carboxylic acids is 1. The third-order valence-corrected chi connectivity index (χ3v) is 5.90. The van der Waals surface area contributed by atoms with Crippen LogP contribution in [0.15, 0.2) is 23.1 Å². The van der Waals surface area contributed by atoms with Gasteiger partial charge in [-0.15, -0.1) is 0 Å². The summed E-state index contributed by atoms with van der Waals surface area (Å²) in [6.07, 6.45) is 1.70. The Balaban J connectivity index is 2.30. The number of unbranched alkanes of at least 4 members (excludes halogenated alkanes) is 1. The molecule has 1 aliphatic rings. The molecule has 0 bridgehead atoms. The van der Waals surface area contributed by atoms with Crippen molar-refractivity contribution < 1.29 is 27.9 Å². The molecule has 0 aromatic heterocycles. The van der Waals surface area contributed by atoms with E-state index in [4.69, 9.17) is 0 Å². The van der Waals surface area contributed by atoms with Gasteiger partial charge in [0, 0.05) is 12.1 Å². The summed E-state index contributed by atoms with van der Waals surface area (Å²) < 4.78 is 25.4. The van der Waals surface area contributed by atoms with Crippen LogP contribution in [-0.4, -0.2) is 48.2 Å². The molecule has 1 aromatic rings. The number of fused-ring (bicyclic) bond motifs is 1. The summed E-state index contributed by atoms with van der Waals surface area (Å²) in [6, 6.07) is 2.67. The van der Waals surface area contributed by atoms with Crippen molar-refractivity contribution >= 4 is 27.8 Å². The van der Waals surface area contributed by atoms with Gasteiger partial charge in [-0.3, -0.25) is 9.59 Å². The van der Waals surface area contributed by atoms with E-state index in [9.17, 15) is 27.9 Å². The molecule has 0 aliphatic carbocycles. The number of nitrogens with one attached hydrogen (secondary N) is 1. The fourth-order valence-electron chi connectivity index (χ4n) is 2.64. The van der Waals surface area contributed by atoms with Crippen LogP contribution in [0.4, 0.5) is 0 Å². The third kappa shape index (κ3) is 3.51. The standard InChI is InChI=1S/C16H20N2O6S/c1-3-5-6-12(16(21)22)17-14(19)10-7-8-11-13(9-10)25(23,24)18(4-2)15(11)20/h7-9,12H,3-6H2,1-2H3,(H,17,19)(H,21,22). The highest BCUT2D eigenvalue weighted by molar-refractivity contribution is 7.90. The third-order valence-electron chi connectivity index (χ3n) is 4.01. The van der Waals surface area contributed by atoms with Gasteiger partial charge in [0.1, 0.15) is 10.9 Å². The molecular formula is C16H20N2O6S. The van der Waals surface area contributed by atoms with Gasteiger partial charge in [-0.1, -0.05) is 19.8 Å². The number of carbonyl (C=O) groups is 3. The SMILES string of the molecule is CCCCC(NC(=O)c1ccc2c(c1)S(=O)(=O)N(CC)C2=O)C(=O)O. The Morgan fingerprint density at radius 3 is 2.52 bits per heavy atom. The largest absolute Gasteiger partial charge is 0.480 e. The Kier molecular flexibility index (Phi) is 5.46. The number of nitrogens with zero attached hydrogens (tertiary/aromatic N) is 1. The minimum Gasteiger partial charge on any atom is -0.480 e. The van der Waals surface area contributed by atoms with Gasteiger partial charge in [-0.25, -0.2) is 17.5 Å². The number of carboxylic acids is 1. The maximum absolute atomic E-state index is 12.4. The highest BCUT2D eigenvalue weighted by Gasteiger charge is 2.40. The second kappa shape index (κ2) is 7.22. The average molecular weight is 368 g/mol. The van der Waals surface area contributed by atoms with Crippen molar-refractivity contribution in [2.75, 3.05) is 6.54 Å². The van der Waals surface area contributed by atoms with Crippen LogP contribution in [0.2, 0.25) is 0 Å². The topological polar surface area (TPSA) is 121 Å². The number of carboxylic acid groups (broad SMARTS) is 1. The number of rotatable bonds is 7. The summed E-state index contributed by atoms with van der Waals surface area (Å²) in [5.74, 6) is -2.47. The summed E-state index contributed by atoms with van der Waals surface area (Å²) in [5.41, 5.74) is 0.00925. The average Bonchev–Trinajstić information content (AvgIpc) is 2.76. The predicted molar refractivity (Wildman–Crippen MR) is 88.8 cm³/mol. The Morgan fingerprint density at radius 2 is 1.96 bits per heavy atom. The first-order chi connectivity index (χ1) is 11.7. The summed E-state index contributed by atoms with van der Waals surface area (Å²) in [6.45, 7) is 3.44. The number of sulfonamides is 1. The van der Waals surface area contributed by atoms with E-state index in [2.05, 4.69) is 5.32 Å². The van der Waals surface area contributed by atoms with E-state index in [1.54, 1.807) is 6.92 Å². The van der Waals surface area contributed by atoms with E-state index in [0.717, 1.165) is 16.8 Å². The summed E-state index contributed by atoms with van der Waals surface area (Å²) in [5, 5.41) is 11.6. The normalized spacial score (nSPS) is 16.4. The smallest absolute Gasteiger partial charge is 0.326 e. The Hall–Kier alpha value is -2.42. The second-order valence-corrected chi connectivity index (χ2v) is 7.52. The van der Waals surface area contributed by atoms with Gasteiger partial charge < -0.3 is 10.4 Å². The van der Waals surface area contributed by atoms with Crippen molar-refractivity contribution in [3.8, 4) is 0 Å². The lowest BCUT2D eigenvalue weighted by Crippen LogP contribution is -2.40. The Labute approximate surface area is 145 Å². The van der Waals surface area contributed by atoms with Crippen LogP contribution in [-0.2, 0) is 14.8 Å². The van der Waals surface area contributed by atoms with Gasteiger partial charge >= 0.3 is 5.97 Å². The first kappa shape index (κ1) is 18.9. The number of amides is 2. The molecule has 9 heteroatoms. The van der Waals surface area contributed by atoms with E-state index in [-0.39, 0.29) is 29.0 Å². The van der Waals surface area contributed by atoms with Gasteiger partial charge in [0.15, 0.2) is 0 Å². The van der Waals surface area contributed by atoms with Crippen LogP contribution in [0.1, 0.15) is 53.8 Å².